The van der Waals surface area contributed by atoms with Crippen LogP contribution >= 0.6 is 0 Å². The Hall–Kier alpha value is -4.14. The maximum Gasteiger partial charge on any atom is 0.229 e. The summed E-state index contributed by atoms with van der Waals surface area (Å²) in [6, 6.07) is 10.3. The molecule has 0 atom stereocenters. The fourth-order valence-electron chi connectivity index (χ4n) is 4.19. The number of aromatic nitrogens is 8. The quantitative estimate of drug-likeness (QED) is 0.411. The third kappa shape index (κ3) is 3.24. The summed E-state index contributed by atoms with van der Waals surface area (Å²) >= 11 is 0. The van der Waals surface area contributed by atoms with Crippen molar-refractivity contribution in [2.75, 3.05) is 0 Å². The first-order valence-corrected chi connectivity index (χ1v) is 10.9. The van der Waals surface area contributed by atoms with Crippen LogP contribution in [-0.4, -0.2) is 39.4 Å². The maximum atomic E-state index is 5.47. The Morgan fingerprint density at radius 3 is 2.85 bits per heavy atom. The number of hydrogen-bond donors (Lipinski definition) is 0. The molecule has 0 amide bonds. The standard InChI is InChI=1S/C24H22N8O/c1-14(2)24-27-22(30-33-24)21-19-12-31-20(10-16-5-4-8-25-11-16)28-29-23(31)17-9-15(3)6-7-18(17)32(19)13-26-21/h4-9,11,13-14H,10,12H2,1-3H3. The van der Waals surface area contributed by atoms with Crippen LogP contribution in [0.4, 0.5) is 0 Å². The van der Waals surface area contributed by atoms with Gasteiger partial charge in [0.05, 0.1) is 17.9 Å². The molecule has 0 aliphatic carbocycles. The van der Waals surface area contributed by atoms with Gasteiger partial charge in [0.2, 0.25) is 11.7 Å². The van der Waals surface area contributed by atoms with Gasteiger partial charge in [0.15, 0.2) is 5.82 Å². The Morgan fingerprint density at radius 2 is 2.06 bits per heavy atom. The van der Waals surface area contributed by atoms with Crippen LogP contribution < -0.4 is 0 Å². The fraction of sp³-hybridized carbons (Fsp3) is 0.250. The zero-order chi connectivity index (χ0) is 22.5. The molecular formula is C24H22N8O. The molecule has 0 saturated heterocycles. The Balaban J connectivity index is 1.53. The van der Waals surface area contributed by atoms with Crippen molar-refractivity contribution in [3.63, 3.8) is 0 Å². The van der Waals surface area contributed by atoms with Gasteiger partial charge in [-0.3, -0.25) is 9.55 Å². The van der Waals surface area contributed by atoms with E-state index in [0.717, 1.165) is 39.7 Å². The van der Waals surface area contributed by atoms with E-state index in [1.807, 2.05) is 38.5 Å². The summed E-state index contributed by atoms with van der Waals surface area (Å²) in [4.78, 5) is 13.5. The highest BCUT2D eigenvalue weighted by atomic mass is 16.5. The average molecular weight is 438 g/mol. The Morgan fingerprint density at radius 1 is 1.15 bits per heavy atom. The molecule has 9 nitrogen and oxygen atoms in total. The molecule has 0 bridgehead atoms. The summed E-state index contributed by atoms with van der Waals surface area (Å²) in [6.07, 6.45) is 6.09. The number of benzene rings is 1. The van der Waals surface area contributed by atoms with Crippen molar-refractivity contribution in [2.45, 2.75) is 39.7 Å². The molecule has 5 heterocycles. The second kappa shape index (κ2) is 7.47. The molecule has 0 saturated carbocycles. The summed E-state index contributed by atoms with van der Waals surface area (Å²) in [5.41, 5.74) is 5.91. The smallest absolute Gasteiger partial charge is 0.229 e. The lowest BCUT2D eigenvalue weighted by Gasteiger charge is -2.09. The van der Waals surface area contributed by atoms with Gasteiger partial charge in [0.25, 0.3) is 0 Å². The fourth-order valence-corrected chi connectivity index (χ4v) is 4.19. The van der Waals surface area contributed by atoms with Crippen molar-refractivity contribution in [2.24, 2.45) is 0 Å². The highest BCUT2D eigenvalue weighted by molar-refractivity contribution is 5.72. The lowest BCUT2D eigenvalue weighted by atomic mass is 10.1. The SMILES string of the molecule is Cc1ccc2c(c1)-c1nnc(Cc3cccnc3)n1Cc1c(-c3noc(C(C)C)n3)ncn1-2. The Labute approximate surface area is 190 Å². The number of imidazole rings is 1. The first kappa shape index (κ1) is 19.5. The third-order valence-corrected chi connectivity index (χ3v) is 5.89. The number of nitrogens with zero attached hydrogens (tertiary/aromatic N) is 8. The normalized spacial score (nSPS) is 12.4. The van der Waals surface area contributed by atoms with Gasteiger partial charge in [-0.25, -0.2) is 4.98 Å². The second-order valence-corrected chi connectivity index (χ2v) is 8.61. The predicted molar refractivity (Wildman–Crippen MR) is 121 cm³/mol. The summed E-state index contributed by atoms with van der Waals surface area (Å²) in [6.45, 7) is 6.66. The zero-order valence-electron chi connectivity index (χ0n) is 18.6. The van der Waals surface area contributed by atoms with Crippen LogP contribution in [0.5, 0.6) is 0 Å². The minimum Gasteiger partial charge on any atom is -0.339 e. The van der Waals surface area contributed by atoms with Crippen molar-refractivity contribution in [3.8, 4) is 28.6 Å². The van der Waals surface area contributed by atoms with Crippen molar-refractivity contribution in [1.29, 1.82) is 0 Å². The van der Waals surface area contributed by atoms with Gasteiger partial charge >= 0.3 is 0 Å². The minimum atomic E-state index is 0.145. The van der Waals surface area contributed by atoms with Crippen LogP contribution in [0.2, 0.25) is 0 Å². The van der Waals surface area contributed by atoms with E-state index in [9.17, 15) is 0 Å². The molecule has 0 fully saturated rings. The molecule has 0 radical (unpaired) electrons. The van der Waals surface area contributed by atoms with Gasteiger partial charge in [-0.1, -0.05) is 36.7 Å². The molecule has 33 heavy (non-hydrogen) atoms. The van der Waals surface area contributed by atoms with E-state index in [2.05, 4.69) is 64.6 Å². The first-order chi connectivity index (χ1) is 16.1. The number of rotatable bonds is 4. The van der Waals surface area contributed by atoms with Crippen LogP contribution in [-0.2, 0) is 13.0 Å². The average Bonchev–Trinajstić information content (AvgIpc) is 3.53. The van der Waals surface area contributed by atoms with Gasteiger partial charge < -0.3 is 9.09 Å². The van der Waals surface area contributed by atoms with Crippen LogP contribution in [0.15, 0.2) is 53.6 Å². The van der Waals surface area contributed by atoms with Gasteiger partial charge in [-0.2, -0.15) is 4.98 Å². The van der Waals surface area contributed by atoms with E-state index >= 15 is 0 Å². The molecule has 6 rings (SSSR count). The molecule has 0 N–H and O–H groups in total. The monoisotopic (exact) mass is 438 g/mol. The van der Waals surface area contributed by atoms with Crippen molar-refractivity contribution in [3.05, 3.63) is 77.6 Å². The van der Waals surface area contributed by atoms with Crippen LogP contribution in [0.25, 0.3) is 28.6 Å². The molecule has 9 heteroatoms. The van der Waals surface area contributed by atoms with Gasteiger partial charge in [-0.05, 0) is 30.7 Å². The summed E-state index contributed by atoms with van der Waals surface area (Å²) in [7, 11) is 0. The highest BCUT2D eigenvalue weighted by Crippen LogP contribution is 2.35. The number of fused-ring (bicyclic) bond motifs is 5. The van der Waals surface area contributed by atoms with Gasteiger partial charge in [-0.15, -0.1) is 10.2 Å². The van der Waals surface area contributed by atoms with Gasteiger partial charge in [0.1, 0.15) is 17.8 Å². The van der Waals surface area contributed by atoms with E-state index in [0.29, 0.717) is 30.4 Å². The van der Waals surface area contributed by atoms with E-state index in [4.69, 9.17) is 4.52 Å². The molecular weight excluding hydrogens is 416 g/mol. The lowest BCUT2D eigenvalue weighted by molar-refractivity contribution is 0.365. The van der Waals surface area contributed by atoms with Crippen molar-refractivity contribution < 1.29 is 4.52 Å². The Bertz CT molecular complexity index is 1460. The predicted octanol–water partition coefficient (Wildman–Crippen LogP) is 3.96. The van der Waals surface area contributed by atoms with E-state index in [1.54, 1.807) is 6.20 Å². The number of hydrogen-bond acceptors (Lipinski definition) is 7. The van der Waals surface area contributed by atoms with Crippen LogP contribution in [0.3, 0.4) is 0 Å². The summed E-state index contributed by atoms with van der Waals surface area (Å²) < 4.78 is 9.71. The van der Waals surface area contributed by atoms with Crippen LogP contribution in [0.1, 0.15) is 48.3 Å². The molecule has 1 aromatic carbocycles. The summed E-state index contributed by atoms with van der Waals surface area (Å²) in [5.74, 6) is 2.93. The van der Waals surface area contributed by atoms with Crippen molar-refractivity contribution in [1.82, 2.24) is 39.4 Å². The topological polar surface area (TPSA) is 100 Å². The largest absolute Gasteiger partial charge is 0.339 e. The van der Waals surface area contributed by atoms with Crippen molar-refractivity contribution >= 4 is 0 Å². The molecule has 0 unspecified atom stereocenters. The first-order valence-electron chi connectivity index (χ1n) is 10.9. The van der Waals surface area contributed by atoms with Gasteiger partial charge in [0, 0.05) is 30.3 Å². The third-order valence-electron chi connectivity index (χ3n) is 5.89. The minimum absolute atomic E-state index is 0.145. The molecule has 164 valence electrons. The van der Waals surface area contributed by atoms with E-state index in [1.165, 1.54) is 0 Å². The Kier molecular flexibility index (Phi) is 4.42. The maximum absolute atomic E-state index is 5.47. The molecule has 5 aromatic rings. The zero-order valence-corrected chi connectivity index (χ0v) is 18.6. The number of pyridine rings is 1. The summed E-state index contributed by atoms with van der Waals surface area (Å²) in [5, 5.41) is 13.4. The van der Waals surface area contributed by atoms with E-state index in [-0.39, 0.29) is 5.92 Å². The highest BCUT2D eigenvalue weighted by Gasteiger charge is 2.28. The molecule has 1 aliphatic heterocycles. The molecule has 1 aliphatic rings. The van der Waals surface area contributed by atoms with E-state index < -0.39 is 0 Å². The van der Waals surface area contributed by atoms with Crippen LogP contribution in [0, 0.1) is 6.92 Å². The number of aryl methyl sites for hydroxylation is 1. The molecule has 0 spiro atoms. The molecule has 4 aromatic heterocycles. The lowest BCUT2D eigenvalue weighted by Crippen LogP contribution is -2.09. The second-order valence-electron chi connectivity index (χ2n) is 8.61.